The quantitative estimate of drug-likeness (QED) is 0.227. The van der Waals surface area contributed by atoms with Gasteiger partial charge in [-0.1, -0.05) is 133 Å². The van der Waals surface area contributed by atoms with Crippen molar-refractivity contribution in [2.75, 3.05) is 0 Å². The molecular weight excluding hydrogens is 456 g/mol. The van der Waals surface area contributed by atoms with Crippen LogP contribution in [0.4, 0.5) is 0 Å². The standard InChI is InChI=1S/C38H30/c1-5-31-35(27-17-11-13-25(3)21-27)23-29-15-7-9-19-33(29)37(31)38-32(6-2)36(28-18-12-14-26(4)22-28)24-30-16-8-10-20-34(30)38/h5-24H,1-2H2,3-4H3. The van der Waals surface area contributed by atoms with Gasteiger partial charge in [-0.15, -0.1) is 0 Å². The molecule has 0 saturated carbocycles. The van der Waals surface area contributed by atoms with E-state index in [0.717, 1.165) is 11.1 Å². The Morgan fingerprint density at radius 2 is 0.895 bits per heavy atom. The Morgan fingerprint density at radius 1 is 0.474 bits per heavy atom. The number of hydrogen-bond donors (Lipinski definition) is 0. The Morgan fingerprint density at radius 3 is 1.29 bits per heavy atom. The summed E-state index contributed by atoms with van der Waals surface area (Å²) < 4.78 is 0. The van der Waals surface area contributed by atoms with Gasteiger partial charge in [0.1, 0.15) is 0 Å². The van der Waals surface area contributed by atoms with Crippen LogP contribution in [0.25, 0.3) is 67.1 Å². The zero-order valence-corrected chi connectivity index (χ0v) is 22.0. The largest absolute Gasteiger partial charge is 0.0984 e. The van der Waals surface area contributed by atoms with E-state index in [1.165, 1.54) is 66.1 Å². The van der Waals surface area contributed by atoms with Crippen LogP contribution < -0.4 is 0 Å². The van der Waals surface area contributed by atoms with Gasteiger partial charge in [-0.25, -0.2) is 0 Å². The Hall–Kier alpha value is -4.68. The maximum Gasteiger partial charge on any atom is -0.00143 e. The number of fused-ring (bicyclic) bond motifs is 2. The van der Waals surface area contributed by atoms with E-state index in [9.17, 15) is 0 Å². The summed E-state index contributed by atoms with van der Waals surface area (Å²) in [4.78, 5) is 0. The summed E-state index contributed by atoms with van der Waals surface area (Å²) in [6, 6.07) is 39.5. The fraction of sp³-hybridized carbons (Fsp3) is 0.0526. The second kappa shape index (κ2) is 9.65. The van der Waals surface area contributed by atoms with Gasteiger partial charge >= 0.3 is 0 Å². The van der Waals surface area contributed by atoms with Crippen molar-refractivity contribution < 1.29 is 0 Å². The van der Waals surface area contributed by atoms with Crippen LogP contribution in [-0.4, -0.2) is 0 Å². The predicted molar refractivity (Wildman–Crippen MR) is 167 cm³/mol. The summed E-state index contributed by atoms with van der Waals surface area (Å²) in [5.74, 6) is 0. The second-order valence-electron chi connectivity index (χ2n) is 10.0. The Labute approximate surface area is 225 Å². The third-order valence-corrected chi connectivity index (χ3v) is 7.50. The average molecular weight is 487 g/mol. The average Bonchev–Trinajstić information content (AvgIpc) is 2.95. The molecule has 6 aromatic rings. The fourth-order valence-corrected chi connectivity index (χ4v) is 5.79. The molecule has 0 aliphatic carbocycles. The first-order chi connectivity index (χ1) is 18.6. The molecule has 0 bridgehead atoms. The van der Waals surface area contributed by atoms with Crippen molar-refractivity contribution in [1.29, 1.82) is 0 Å². The molecular formula is C38H30. The van der Waals surface area contributed by atoms with Crippen LogP contribution in [0.3, 0.4) is 0 Å². The maximum atomic E-state index is 4.33. The van der Waals surface area contributed by atoms with Crippen LogP contribution in [0, 0.1) is 13.8 Å². The second-order valence-corrected chi connectivity index (χ2v) is 10.0. The summed E-state index contributed by atoms with van der Waals surface area (Å²) in [6.45, 7) is 13.0. The lowest BCUT2D eigenvalue weighted by Gasteiger charge is -2.22. The highest BCUT2D eigenvalue weighted by Gasteiger charge is 2.21. The van der Waals surface area contributed by atoms with Gasteiger partial charge in [0.2, 0.25) is 0 Å². The number of benzene rings is 6. The zero-order valence-electron chi connectivity index (χ0n) is 22.0. The SMILES string of the molecule is C=Cc1c(-c2cccc(C)c2)cc2ccccc2c1-c1c(C=C)c(-c2cccc(C)c2)cc2ccccc12. The van der Waals surface area contributed by atoms with Crippen molar-refractivity contribution in [3.63, 3.8) is 0 Å². The molecule has 0 nitrogen and oxygen atoms in total. The molecule has 0 heteroatoms. The fourth-order valence-electron chi connectivity index (χ4n) is 5.79. The Bertz CT molecular complexity index is 1730. The lowest BCUT2D eigenvalue weighted by molar-refractivity contribution is 1.46. The van der Waals surface area contributed by atoms with Gasteiger partial charge in [0, 0.05) is 0 Å². The van der Waals surface area contributed by atoms with Crippen molar-refractivity contribution in [3.05, 3.63) is 145 Å². The van der Waals surface area contributed by atoms with Crippen molar-refractivity contribution in [1.82, 2.24) is 0 Å². The molecule has 0 N–H and O–H groups in total. The molecule has 0 aromatic heterocycles. The number of aryl methyl sites for hydroxylation is 2. The van der Waals surface area contributed by atoms with Crippen LogP contribution in [0.1, 0.15) is 22.3 Å². The maximum absolute atomic E-state index is 4.33. The molecule has 0 unspecified atom stereocenters. The monoisotopic (exact) mass is 486 g/mol. The van der Waals surface area contributed by atoms with Gasteiger partial charge in [0.25, 0.3) is 0 Å². The van der Waals surface area contributed by atoms with E-state index in [1.54, 1.807) is 0 Å². The Kier molecular flexibility index (Phi) is 6.02. The molecule has 0 saturated heterocycles. The third-order valence-electron chi connectivity index (χ3n) is 7.50. The van der Waals surface area contributed by atoms with Gasteiger partial charge in [-0.3, -0.25) is 0 Å². The molecule has 6 rings (SSSR count). The first kappa shape index (κ1) is 23.7. The van der Waals surface area contributed by atoms with Crippen molar-refractivity contribution in [2.24, 2.45) is 0 Å². The van der Waals surface area contributed by atoms with Gasteiger partial charge < -0.3 is 0 Å². The zero-order chi connectivity index (χ0) is 26.2. The molecule has 0 heterocycles. The van der Waals surface area contributed by atoms with Crippen molar-refractivity contribution in [3.8, 4) is 33.4 Å². The summed E-state index contributed by atoms with van der Waals surface area (Å²) >= 11 is 0. The summed E-state index contributed by atoms with van der Waals surface area (Å²) in [7, 11) is 0. The smallest absolute Gasteiger partial charge is 0.00143 e. The first-order valence-corrected chi connectivity index (χ1v) is 13.1. The topological polar surface area (TPSA) is 0 Å². The van der Waals surface area contributed by atoms with Crippen LogP contribution >= 0.6 is 0 Å². The Balaban J connectivity index is 1.83. The molecule has 0 aliphatic heterocycles. The summed E-state index contributed by atoms with van der Waals surface area (Å²) in [5.41, 5.74) is 12.0. The van der Waals surface area contributed by atoms with Crippen LogP contribution in [-0.2, 0) is 0 Å². The predicted octanol–water partition coefficient (Wildman–Crippen LogP) is 10.9. The highest BCUT2D eigenvalue weighted by molar-refractivity contribution is 6.14. The minimum Gasteiger partial charge on any atom is -0.0984 e. The molecule has 6 aromatic carbocycles. The van der Waals surface area contributed by atoms with Crippen molar-refractivity contribution >= 4 is 33.7 Å². The minimum absolute atomic E-state index is 1.14. The molecule has 0 spiro atoms. The summed E-state index contributed by atoms with van der Waals surface area (Å²) in [5, 5.41) is 4.86. The van der Waals surface area contributed by atoms with Crippen molar-refractivity contribution in [2.45, 2.75) is 13.8 Å². The highest BCUT2D eigenvalue weighted by Crippen LogP contribution is 2.46. The molecule has 0 aliphatic rings. The lowest BCUT2D eigenvalue weighted by atomic mass is 9.81. The van der Waals surface area contributed by atoms with E-state index in [0.29, 0.717) is 0 Å². The highest BCUT2D eigenvalue weighted by atomic mass is 14.2. The van der Waals surface area contributed by atoms with Crippen LogP contribution in [0.5, 0.6) is 0 Å². The third kappa shape index (κ3) is 3.96. The molecule has 0 fully saturated rings. The van der Waals surface area contributed by atoms with E-state index >= 15 is 0 Å². The van der Waals surface area contributed by atoms with Gasteiger partial charge in [0.05, 0.1) is 0 Å². The molecule has 182 valence electrons. The molecule has 0 atom stereocenters. The van der Waals surface area contributed by atoms with Crippen LogP contribution in [0.15, 0.2) is 122 Å². The molecule has 0 radical (unpaired) electrons. The van der Waals surface area contributed by atoms with Gasteiger partial charge in [-0.2, -0.15) is 0 Å². The number of rotatable bonds is 5. The molecule has 0 amide bonds. The van der Waals surface area contributed by atoms with E-state index in [4.69, 9.17) is 0 Å². The van der Waals surface area contributed by atoms with Gasteiger partial charge in [0.15, 0.2) is 0 Å². The van der Waals surface area contributed by atoms with E-state index in [1.807, 2.05) is 12.2 Å². The van der Waals surface area contributed by atoms with E-state index in [-0.39, 0.29) is 0 Å². The van der Waals surface area contributed by atoms with E-state index < -0.39 is 0 Å². The normalized spacial score (nSPS) is 11.1. The summed E-state index contributed by atoms with van der Waals surface area (Å²) in [6.07, 6.45) is 4.06. The molecule has 38 heavy (non-hydrogen) atoms. The van der Waals surface area contributed by atoms with E-state index in [2.05, 4.69) is 136 Å². The number of hydrogen-bond acceptors (Lipinski definition) is 0. The first-order valence-electron chi connectivity index (χ1n) is 13.1. The van der Waals surface area contributed by atoms with Crippen LogP contribution in [0.2, 0.25) is 0 Å². The minimum atomic E-state index is 1.14. The van der Waals surface area contributed by atoms with Gasteiger partial charge in [-0.05, 0) is 92.0 Å². The lowest BCUT2D eigenvalue weighted by Crippen LogP contribution is -1.97.